The van der Waals surface area contributed by atoms with Gasteiger partial charge in [0.25, 0.3) is 6.43 Å². The lowest BCUT2D eigenvalue weighted by molar-refractivity contribution is -0.134. The number of amides is 1. The number of hydrogen-bond donors (Lipinski definition) is 1. The molecule has 1 amide bonds. The molecule has 0 radical (unpaired) electrons. The van der Waals surface area contributed by atoms with E-state index in [-0.39, 0.29) is 25.0 Å². The smallest absolute Gasteiger partial charge is 0.255 e. The molecule has 1 atom stereocenters. The van der Waals surface area contributed by atoms with Crippen molar-refractivity contribution in [2.45, 2.75) is 45.1 Å². The molecular weight excluding hydrogens is 338 g/mol. The van der Waals surface area contributed by atoms with Crippen LogP contribution in [0.4, 0.5) is 8.78 Å². The summed E-state index contributed by atoms with van der Waals surface area (Å²) in [4.78, 5) is 17.0. The average molecular weight is 362 g/mol. The first kappa shape index (κ1) is 18.4. The SMILES string of the molecule is Cc1cccc2c(CCC(=O)N(CC(F)F)C[C@@H]3CCC=CO3)c[nH]c12. The van der Waals surface area contributed by atoms with Crippen molar-refractivity contribution in [3.8, 4) is 0 Å². The minimum absolute atomic E-state index is 0.205. The van der Waals surface area contributed by atoms with Crippen LogP contribution in [0.1, 0.15) is 30.4 Å². The highest BCUT2D eigenvalue weighted by Gasteiger charge is 2.23. The molecule has 140 valence electrons. The molecule has 1 aromatic heterocycles. The monoisotopic (exact) mass is 362 g/mol. The highest BCUT2D eigenvalue weighted by atomic mass is 19.3. The number of aryl methyl sites for hydroxylation is 2. The fraction of sp³-hybridized carbons (Fsp3) is 0.450. The van der Waals surface area contributed by atoms with Gasteiger partial charge in [-0.1, -0.05) is 18.2 Å². The van der Waals surface area contributed by atoms with E-state index in [4.69, 9.17) is 4.74 Å². The van der Waals surface area contributed by atoms with E-state index in [2.05, 4.69) is 4.98 Å². The molecule has 2 heterocycles. The van der Waals surface area contributed by atoms with E-state index < -0.39 is 13.0 Å². The van der Waals surface area contributed by atoms with Crippen LogP contribution < -0.4 is 0 Å². The van der Waals surface area contributed by atoms with Gasteiger partial charge < -0.3 is 14.6 Å². The van der Waals surface area contributed by atoms with Crippen molar-refractivity contribution in [1.29, 1.82) is 0 Å². The first-order valence-electron chi connectivity index (χ1n) is 8.96. The Morgan fingerprint density at radius 3 is 3.00 bits per heavy atom. The number of fused-ring (bicyclic) bond motifs is 1. The molecule has 4 nitrogen and oxygen atoms in total. The molecule has 0 saturated heterocycles. The van der Waals surface area contributed by atoms with Gasteiger partial charge >= 0.3 is 0 Å². The van der Waals surface area contributed by atoms with E-state index in [1.165, 1.54) is 4.90 Å². The Bertz CT molecular complexity index is 785. The molecule has 0 saturated carbocycles. The predicted octanol–water partition coefficient (Wildman–Crippen LogP) is 4.20. The summed E-state index contributed by atoms with van der Waals surface area (Å²) in [6.07, 6.45) is 4.94. The molecule has 2 aromatic rings. The largest absolute Gasteiger partial charge is 0.497 e. The summed E-state index contributed by atoms with van der Waals surface area (Å²) in [6.45, 7) is 1.69. The van der Waals surface area contributed by atoms with Crippen LogP contribution in [0, 0.1) is 6.92 Å². The molecule has 0 aliphatic carbocycles. The van der Waals surface area contributed by atoms with Crippen LogP contribution in [0.3, 0.4) is 0 Å². The zero-order valence-corrected chi connectivity index (χ0v) is 14.9. The van der Waals surface area contributed by atoms with Gasteiger partial charge in [0, 0.05) is 23.5 Å². The maximum atomic E-state index is 12.9. The lowest BCUT2D eigenvalue weighted by atomic mass is 10.1. The summed E-state index contributed by atoms with van der Waals surface area (Å²) in [7, 11) is 0. The number of allylic oxidation sites excluding steroid dienone is 1. The minimum atomic E-state index is -2.55. The lowest BCUT2D eigenvalue weighted by Gasteiger charge is -2.28. The molecule has 1 aliphatic heterocycles. The number of nitrogens with one attached hydrogen (secondary N) is 1. The van der Waals surface area contributed by atoms with Gasteiger partial charge in [0.2, 0.25) is 5.91 Å². The molecule has 0 bridgehead atoms. The second kappa shape index (κ2) is 8.34. The van der Waals surface area contributed by atoms with Crippen molar-refractivity contribution in [1.82, 2.24) is 9.88 Å². The van der Waals surface area contributed by atoms with Gasteiger partial charge in [-0.05, 0) is 43.4 Å². The maximum absolute atomic E-state index is 12.9. The van der Waals surface area contributed by atoms with Crippen molar-refractivity contribution < 1.29 is 18.3 Å². The summed E-state index contributed by atoms with van der Waals surface area (Å²) >= 11 is 0. The van der Waals surface area contributed by atoms with Crippen molar-refractivity contribution in [3.63, 3.8) is 0 Å². The molecular formula is C20H24F2N2O2. The molecule has 0 unspecified atom stereocenters. The zero-order valence-electron chi connectivity index (χ0n) is 14.9. The van der Waals surface area contributed by atoms with Crippen LogP contribution in [0.5, 0.6) is 0 Å². The van der Waals surface area contributed by atoms with Gasteiger partial charge in [-0.2, -0.15) is 0 Å². The second-order valence-electron chi connectivity index (χ2n) is 6.71. The van der Waals surface area contributed by atoms with Gasteiger partial charge in [0.15, 0.2) is 0 Å². The van der Waals surface area contributed by atoms with Crippen LogP contribution in [-0.4, -0.2) is 41.4 Å². The number of H-pyrrole nitrogens is 1. The fourth-order valence-electron chi connectivity index (χ4n) is 3.38. The molecule has 1 N–H and O–H groups in total. The van der Waals surface area contributed by atoms with E-state index >= 15 is 0 Å². The number of carbonyl (C=O) groups is 1. The van der Waals surface area contributed by atoms with Crippen LogP contribution in [0.25, 0.3) is 10.9 Å². The van der Waals surface area contributed by atoms with E-state index in [0.29, 0.717) is 6.42 Å². The number of halogens is 2. The fourth-order valence-corrected chi connectivity index (χ4v) is 3.38. The Morgan fingerprint density at radius 1 is 1.42 bits per heavy atom. The minimum Gasteiger partial charge on any atom is -0.497 e. The summed E-state index contributed by atoms with van der Waals surface area (Å²) in [5.41, 5.74) is 3.23. The van der Waals surface area contributed by atoms with Gasteiger partial charge in [-0.15, -0.1) is 0 Å². The normalized spacial score (nSPS) is 16.8. The van der Waals surface area contributed by atoms with Crippen molar-refractivity contribution >= 4 is 16.8 Å². The Balaban J connectivity index is 1.64. The van der Waals surface area contributed by atoms with Crippen molar-refractivity contribution in [2.24, 2.45) is 0 Å². The number of para-hydroxylation sites is 1. The van der Waals surface area contributed by atoms with Crippen LogP contribution in [0.2, 0.25) is 0 Å². The first-order chi connectivity index (χ1) is 12.5. The third-order valence-corrected chi connectivity index (χ3v) is 4.78. The second-order valence-corrected chi connectivity index (χ2v) is 6.71. The molecule has 26 heavy (non-hydrogen) atoms. The Morgan fingerprint density at radius 2 is 2.27 bits per heavy atom. The molecule has 0 spiro atoms. The molecule has 6 heteroatoms. The number of aromatic amines is 1. The van der Waals surface area contributed by atoms with Gasteiger partial charge in [0.05, 0.1) is 19.4 Å². The Kier molecular flexibility index (Phi) is 5.91. The number of benzene rings is 1. The summed E-state index contributed by atoms with van der Waals surface area (Å²) in [6, 6.07) is 6.02. The molecule has 1 aliphatic rings. The summed E-state index contributed by atoms with van der Waals surface area (Å²) in [5, 5.41) is 1.08. The quantitative estimate of drug-likeness (QED) is 0.802. The van der Waals surface area contributed by atoms with Gasteiger partial charge in [0.1, 0.15) is 6.10 Å². The third-order valence-electron chi connectivity index (χ3n) is 4.78. The third kappa shape index (κ3) is 4.42. The zero-order chi connectivity index (χ0) is 18.5. The number of aromatic nitrogens is 1. The maximum Gasteiger partial charge on any atom is 0.255 e. The summed E-state index contributed by atoms with van der Waals surface area (Å²) < 4.78 is 31.3. The molecule has 1 aromatic carbocycles. The van der Waals surface area contributed by atoms with Crippen LogP contribution in [0.15, 0.2) is 36.7 Å². The number of nitrogens with zero attached hydrogens (tertiary/aromatic N) is 1. The van der Waals surface area contributed by atoms with E-state index in [9.17, 15) is 13.6 Å². The number of alkyl halides is 2. The standard InChI is InChI=1S/C20H24F2N2O2/c1-14-5-4-7-17-15(11-23-20(14)17)8-9-19(25)24(13-18(21)22)12-16-6-2-3-10-26-16/h3-5,7,10-11,16,18,23H,2,6,8-9,12-13H2,1H3/t16-/m0/s1. The van der Waals surface area contributed by atoms with Gasteiger partial charge in [-0.25, -0.2) is 8.78 Å². The van der Waals surface area contributed by atoms with Crippen LogP contribution >= 0.6 is 0 Å². The topological polar surface area (TPSA) is 45.3 Å². The van der Waals surface area contributed by atoms with E-state index in [1.807, 2.05) is 37.4 Å². The number of carbonyl (C=O) groups excluding carboxylic acids is 1. The summed E-state index contributed by atoms with van der Waals surface area (Å²) in [5.74, 6) is -0.259. The number of hydrogen-bond acceptors (Lipinski definition) is 2. The van der Waals surface area contributed by atoms with Crippen molar-refractivity contribution in [3.05, 3.63) is 47.9 Å². The van der Waals surface area contributed by atoms with Crippen LogP contribution in [-0.2, 0) is 16.0 Å². The Labute approximate surface area is 151 Å². The average Bonchev–Trinajstić information content (AvgIpc) is 3.04. The molecule has 0 fully saturated rings. The Hall–Kier alpha value is -2.37. The first-order valence-corrected chi connectivity index (χ1v) is 8.96. The molecule has 3 rings (SSSR count). The van der Waals surface area contributed by atoms with E-state index in [0.717, 1.165) is 34.9 Å². The predicted molar refractivity (Wildman–Crippen MR) is 97.2 cm³/mol. The van der Waals surface area contributed by atoms with E-state index in [1.54, 1.807) is 6.26 Å². The number of rotatable bonds is 7. The van der Waals surface area contributed by atoms with Gasteiger partial charge in [-0.3, -0.25) is 4.79 Å². The number of ether oxygens (including phenoxy) is 1. The lowest BCUT2D eigenvalue weighted by Crippen LogP contribution is -2.41. The van der Waals surface area contributed by atoms with Crippen molar-refractivity contribution in [2.75, 3.05) is 13.1 Å². The highest BCUT2D eigenvalue weighted by molar-refractivity contribution is 5.86. The highest BCUT2D eigenvalue weighted by Crippen LogP contribution is 2.23.